The van der Waals surface area contributed by atoms with Crippen molar-refractivity contribution in [2.75, 3.05) is 6.54 Å². The van der Waals surface area contributed by atoms with Crippen LogP contribution in [0.15, 0.2) is 24.3 Å². The molecule has 2 atom stereocenters. The molecule has 1 heterocycles. The Morgan fingerprint density at radius 3 is 2.92 bits per heavy atom. The van der Waals surface area contributed by atoms with Crippen molar-refractivity contribution < 1.29 is 9.59 Å². The lowest BCUT2D eigenvalue weighted by molar-refractivity contribution is -0.121. The van der Waals surface area contributed by atoms with Gasteiger partial charge in [0.2, 0.25) is 0 Å². The van der Waals surface area contributed by atoms with Crippen molar-refractivity contribution in [3.63, 3.8) is 0 Å². The molecule has 1 fully saturated rings. The van der Waals surface area contributed by atoms with Crippen molar-refractivity contribution in [1.82, 2.24) is 10.6 Å². The number of hydrogen-bond acceptors (Lipinski definition) is 3. The van der Waals surface area contributed by atoms with E-state index in [0.717, 1.165) is 38.6 Å². The van der Waals surface area contributed by atoms with E-state index in [2.05, 4.69) is 22.4 Å². The maximum atomic E-state index is 12.6. The van der Waals surface area contributed by atoms with E-state index in [1.54, 1.807) is 24.3 Å². The maximum absolute atomic E-state index is 12.6. The van der Waals surface area contributed by atoms with Crippen LogP contribution in [0.25, 0.3) is 4.85 Å². The molecule has 2 N–H and O–H groups in total. The second-order valence-electron chi connectivity index (χ2n) is 6.64. The van der Waals surface area contributed by atoms with Crippen molar-refractivity contribution >= 4 is 17.4 Å². The van der Waals surface area contributed by atoms with Crippen LogP contribution in [0, 0.1) is 6.57 Å². The predicted octanol–water partition coefficient (Wildman–Crippen LogP) is 3.63. The molecule has 1 amide bonds. The molecule has 0 bridgehead atoms. The number of benzene rings is 1. The number of Topliss-reactive ketones (excluding diaryl/α,β-unsaturated/α-hetero) is 1. The summed E-state index contributed by atoms with van der Waals surface area (Å²) in [6, 6.07) is 6.43. The summed E-state index contributed by atoms with van der Waals surface area (Å²) in [6.07, 6.45) is 6.27. The molecule has 2 rings (SSSR count). The van der Waals surface area contributed by atoms with Gasteiger partial charge < -0.3 is 10.6 Å². The van der Waals surface area contributed by atoms with Gasteiger partial charge in [-0.25, -0.2) is 4.85 Å². The lowest BCUT2D eigenvalue weighted by Crippen LogP contribution is -2.44. The second kappa shape index (κ2) is 9.95. The first-order chi connectivity index (χ1) is 12.1. The molecule has 134 valence electrons. The van der Waals surface area contributed by atoms with Gasteiger partial charge in [0.1, 0.15) is 0 Å². The highest BCUT2D eigenvalue weighted by Crippen LogP contribution is 2.16. The molecule has 25 heavy (non-hydrogen) atoms. The molecule has 0 radical (unpaired) electrons. The molecule has 0 spiro atoms. The third kappa shape index (κ3) is 5.99. The summed E-state index contributed by atoms with van der Waals surface area (Å²) in [5, 5.41) is 6.30. The van der Waals surface area contributed by atoms with E-state index in [4.69, 9.17) is 6.57 Å². The van der Waals surface area contributed by atoms with Gasteiger partial charge in [0.15, 0.2) is 11.5 Å². The van der Waals surface area contributed by atoms with Gasteiger partial charge in [0.25, 0.3) is 5.91 Å². The third-order valence-corrected chi connectivity index (χ3v) is 4.64. The molecular formula is C20H27N3O2. The molecule has 0 aliphatic carbocycles. The highest BCUT2D eigenvalue weighted by atomic mass is 16.2. The SMILES string of the molecule is [C-]#[N+]c1cccc(C(=O)NC(CC2CCCN2)C(=O)CCCCC)c1. The summed E-state index contributed by atoms with van der Waals surface area (Å²) in [4.78, 5) is 28.5. The van der Waals surface area contributed by atoms with Crippen molar-refractivity contribution in [3.05, 3.63) is 41.2 Å². The number of carbonyl (C=O) groups is 2. The number of rotatable bonds is 9. The minimum Gasteiger partial charge on any atom is -0.342 e. The van der Waals surface area contributed by atoms with Gasteiger partial charge in [-0.2, -0.15) is 0 Å². The zero-order valence-corrected chi connectivity index (χ0v) is 14.9. The van der Waals surface area contributed by atoms with Crippen molar-refractivity contribution in [3.8, 4) is 0 Å². The van der Waals surface area contributed by atoms with E-state index in [-0.39, 0.29) is 17.7 Å². The quantitative estimate of drug-likeness (QED) is 0.532. The summed E-state index contributed by atoms with van der Waals surface area (Å²) in [7, 11) is 0. The van der Waals surface area contributed by atoms with Crippen LogP contribution in [0.1, 0.15) is 62.2 Å². The van der Waals surface area contributed by atoms with Crippen LogP contribution in [0.4, 0.5) is 5.69 Å². The summed E-state index contributed by atoms with van der Waals surface area (Å²) < 4.78 is 0. The number of hydrogen-bond donors (Lipinski definition) is 2. The highest BCUT2D eigenvalue weighted by Gasteiger charge is 2.26. The fourth-order valence-electron chi connectivity index (χ4n) is 3.20. The normalized spacial score (nSPS) is 17.7. The highest BCUT2D eigenvalue weighted by molar-refractivity contribution is 5.98. The molecule has 1 aromatic rings. The van der Waals surface area contributed by atoms with E-state index >= 15 is 0 Å². The minimum absolute atomic E-state index is 0.108. The first-order valence-electron chi connectivity index (χ1n) is 9.18. The number of nitrogens with one attached hydrogen (secondary N) is 2. The predicted molar refractivity (Wildman–Crippen MR) is 98.7 cm³/mol. The maximum Gasteiger partial charge on any atom is 0.250 e. The Morgan fingerprint density at radius 2 is 2.24 bits per heavy atom. The van der Waals surface area contributed by atoms with Gasteiger partial charge in [-0.3, -0.25) is 9.59 Å². The fraction of sp³-hybridized carbons (Fsp3) is 0.550. The Bertz CT molecular complexity index is 630. The largest absolute Gasteiger partial charge is 0.342 e. The first kappa shape index (κ1) is 19.1. The van der Waals surface area contributed by atoms with E-state index in [1.165, 1.54) is 0 Å². The summed E-state index contributed by atoms with van der Waals surface area (Å²) in [6.45, 7) is 10.1. The Morgan fingerprint density at radius 1 is 1.40 bits per heavy atom. The summed E-state index contributed by atoms with van der Waals surface area (Å²) in [5.41, 5.74) is 0.857. The van der Waals surface area contributed by atoms with E-state index < -0.39 is 6.04 Å². The van der Waals surface area contributed by atoms with Crippen LogP contribution >= 0.6 is 0 Å². The van der Waals surface area contributed by atoms with Crippen molar-refractivity contribution in [2.24, 2.45) is 0 Å². The zero-order chi connectivity index (χ0) is 18.1. The van der Waals surface area contributed by atoms with Crippen LogP contribution in [0.5, 0.6) is 0 Å². The zero-order valence-electron chi connectivity index (χ0n) is 14.9. The topological polar surface area (TPSA) is 62.6 Å². The standard InChI is InChI=1S/C20H27N3O2/c1-3-4-5-11-19(24)18(14-17-10-7-12-22-17)23-20(25)15-8-6-9-16(13-15)21-2/h6,8-9,13,17-18,22H,3-5,7,10-12,14H2,1H3,(H,23,25). The number of amides is 1. The number of carbonyl (C=O) groups excluding carboxylic acids is 2. The van der Waals surface area contributed by atoms with Crippen LogP contribution in [-0.4, -0.2) is 30.3 Å². The van der Waals surface area contributed by atoms with Crippen LogP contribution in [0.3, 0.4) is 0 Å². The van der Waals surface area contributed by atoms with Gasteiger partial charge in [0, 0.05) is 18.0 Å². The average molecular weight is 341 g/mol. The third-order valence-electron chi connectivity index (χ3n) is 4.64. The van der Waals surface area contributed by atoms with Crippen molar-refractivity contribution in [1.29, 1.82) is 0 Å². The van der Waals surface area contributed by atoms with Gasteiger partial charge >= 0.3 is 0 Å². The van der Waals surface area contributed by atoms with Crippen molar-refractivity contribution in [2.45, 2.75) is 64.0 Å². The first-order valence-corrected chi connectivity index (χ1v) is 9.18. The fourth-order valence-corrected chi connectivity index (χ4v) is 3.20. The molecule has 0 aromatic heterocycles. The number of ketones is 1. The number of nitrogens with zero attached hydrogens (tertiary/aromatic N) is 1. The average Bonchev–Trinajstić information content (AvgIpc) is 3.14. The smallest absolute Gasteiger partial charge is 0.250 e. The van der Waals surface area contributed by atoms with Gasteiger partial charge in [-0.05, 0) is 38.3 Å². The molecule has 1 aliphatic rings. The van der Waals surface area contributed by atoms with Gasteiger partial charge in [0.05, 0.1) is 12.6 Å². The second-order valence-corrected chi connectivity index (χ2v) is 6.64. The molecule has 1 aromatic carbocycles. The van der Waals surface area contributed by atoms with Crippen LogP contribution in [-0.2, 0) is 4.79 Å². The van der Waals surface area contributed by atoms with E-state index in [0.29, 0.717) is 24.1 Å². The minimum atomic E-state index is -0.462. The summed E-state index contributed by atoms with van der Waals surface area (Å²) >= 11 is 0. The summed E-state index contributed by atoms with van der Waals surface area (Å²) in [5.74, 6) is -0.172. The molecule has 1 aliphatic heterocycles. The van der Waals surface area contributed by atoms with Gasteiger partial charge in [-0.1, -0.05) is 38.0 Å². The molecular weight excluding hydrogens is 314 g/mol. The molecule has 1 saturated heterocycles. The van der Waals surface area contributed by atoms with E-state index in [9.17, 15) is 9.59 Å². The molecule has 2 unspecified atom stereocenters. The van der Waals surface area contributed by atoms with Gasteiger partial charge in [-0.15, -0.1) is 0 Å². The Hall–Kier alpha value is -2.19. The monoisotopic (exact) mass is 341 g/mol. The molecule has 5 nitrogen and oxygen atoms in total. The lowest BCUT2D eigenvalue weighted by Gasteiger charge is -2.21. The number of unbranched alkanes of at least 4 members (excludes halogenated alkanes) is 2. The van der Waals surface area contributed by atoms with Crippen LogP contribution in [0.2, 0.25) is 0 Å². The lowest BCUT2D eigenvalue weighted by atomic mass is 9.97. The Kier molecular flexibility index (Phi) is 7.62. The molecule has 0 saturated carbocycles. The molecule has 5 heteroatoms. The van der Waals surface area contributed by atoms with Crippen LogP contribution < -0.4 is 10.6 Å². The Labute approximate surface area is 150 Å². The Balaban J connectivity index is 2.03. The van der Waals surface area contributed by atoms with E-state index in [1.807, 2.05) is 0 Å².